The van der Waals surface area contributed by atoms with E-state index in [0.29, 0.717) is 19.6 Å². The third kappa shape index (κ3) is 4.33. The molecule has 23 heavy (non-hydrogen) atoms. The number of aliphatic hydroxyl groups is 1. The van der Waals surface area contributed by atoms with Crippen LogP contribution in [0.25, 0.3) is 0 Å². The predicted molar refractivity (Wildman–Crippen MR) is 88.8 cm³/mol. The Bertz CT molecular complexity index is 632. The summed E-state index contributed by atoms with van der Waals surface area (Å²) < 4.78 is 7.36. The first-order chi connectivity index (χ1) is 11.0. The van der Waals surface area contributed by atoms with Crippen molar-refractivity contribution in [3.63, 3.8) is 0 Å². The van der Waals surface area contributed by atoms with Crippen molar-refractivity contribution in [1.29, 1.82) is 0 Å². The Balaban J connectivity index is 2.02. The van der Waals surface area contributed by atoms with Crippen molar-refractivity contribution in [3.8, 4) is 18.1 Å². The van der Waals surface area contributed by atoms with Gasteiger partial charge in [-0.25, -0.2) is 4.98 Å². The molecule has 1 atom stereocenters. The first-order valence-electron chi connectivity index (χ1n) is 7.63. The molecule has 5 nitrogen and oxygen atoms in total. The van der Waals surface area contributed by atoms with Gasteiger partial charge in [0.2, 0.25) is 0 Å². The van der Waals surface area contributed by atoms with Gasteiger partial charge in [-0.2, -0.15) is 5.10 Å². The van der Waals surface area contributed by atoms with Crippen LogP contribution in [0.2, 0.25) is 0 Å². The normalized spacial score (nSPS) is 14.0. The van der Waals surface area contributed by atoms with Gasteiger partial charge in [-0.15, -0.1) is 12.3 Å². The first kappa shape index (κ1) is 17.0. The van der Waals surface area contributed by atoms with E-state index in [1.807, 2.05) is 44.2 Å². The van der Waals surface area contributed by atoms with Gasteiger partial charge in [-0.1, -0.05) is 32.0 Å². The Morgan fingerprint density at radius 1 is 1.30 bits per heavy atom. The number of benzene rings is 1. The molecule has 2 aromatic rings. The molecule has 2 rings (SSSR count). The van der Waals surface area contributed by atoms with Gasteiger partial charge in [-0.3, -0.25) is 4.68 Å². The molecule has 122 valence electrons. The van der Waals surface area contributed by atoms with Crippen LogP contribution in [-0.2, 0) is 6.54 Å². The predicted octanol–water partition coefficient (Wildman–Crippen LogP) is 2.53. The molecule has 0 spiro atoms. The van der Waals surface area contributed by atoms with Crippen LogP contribution < -0.4 is 4.74 Å². The van der Waals surface area contributed by atoms with Gasteiger partial charge in [0.05, 0.1) is 13.2 Å². The average Bonchev–Trinajstić information content (AvgIpc) is 3.01. The molecule has 0 aliphatic carbocycles. The minimum absolute atomic E-state index is 0.241. The van der Waals surface area contributed by atoms with Crippen LogP contribution in [0.3, 0.4) is 0 Å². The second kappa shape index (κ2) is 7.30. The summed E-state index contributed by atoms with van der Waals surface area (Å²) in [7, 11) is 0. The molecule has 1 aromatic heterocycles. The van der Waals surface area contributed by atoms with Crippen LogP contribution in [0.5, 0.6) is 5.75 Å². The summed E-state index contributed by atoms with van der Waals surface area (Å²) in [6.45, 7) is 4.79. The van der Waals surface area contributed by atoms with Crippen LogP contribution in [0.15, 0.2) is 43.0 Å². The van der Waals surface area contributed by atoms with E-state index in [0.717, 1.165) is 5.75 Å². The van der Waals surface area contributed by atoms with E-state index in [1.54, 1.807) is 11.0 Å². The number of hydrogen-bond acceptors (Lipinski definition) is 4. The fourth-order valence-corrected chi connectivity index (χ4v) is 2.43. The van der Waals surface area contributed by atoms with Crippen LogP contribution in [0.4, 0.5) is 0 Å². The maximum Gasteiger partial charge on any atom is 0.137 e. The number of nitrogens with zero attached hydrogens (tertiary/aromatic N) is 3. The monoisotopic (exact) mass is 313 g/mol. The molecule has 1 N–H and O–H groups in total. The fraction of sp³-hybridized carbons (Fsp3) is 0.444. The van der Waals surface area contributed by atoms with Crippen molar-refractivity contribution in [1.82, 2.24) is 14.8 Å². The highest BCUT2D eigenvalue weighted by Gasteiger charge is 2.43. The molecule has 0 aliphatic rings. The molecule has 0 saturated carbocycles. The number of terminal acetylenes is 1. The molecule has 0 bridgehead atoms. The summed E-state index contributed by atoms with van der Waals surface area (Å²) in [6, 6.07) is 9.63. The molecule has 0 aliphatic heterocycles. The number of ether oxygens (including phenoxy) is 1. The van der Waals surface area contributed by atoms with Crippen molar-refractivity contribution in [2.24, 2.45) is 5.41 Å². The van der Waals surface area contributed by atoms with Crippen LogP contribution in [-0.4, -0.2) is 32.1 Å². The van der Waals surface area contributed by atoms with Gasteiger partial charge in [0.25, 0.3) is 0 Å². The smallest absolute Gasteiger partial charge is 0.137 e. The Morgan fingerprint density at radius 2 is 2.04 bits per heavy atom. The van der Waals surface area contributed by atoms with E-state index < -0.39 is 11.0 Å². The molecule has 1 unspecified atom stereocenters. The second-order valence-electron chi connectivity index (χ2n) is 6.30. The zero-order chi connectivity index (χ0) is 16.8. The third-order valence-electron chi connectivity index (χ3n) is 4.28. The first-order valence-corrected chi connectivity index (χ1v) is 7.63. The number of aromatic nitrogens is 3. The van der Waals surface area contributed by atoms with Crippen molar-refractivity contribution >= 4 is 0 Å². The Hall–Kier alpha value is -2.32. The summed E-state index contributed by atoms with van der Waals surface area (Å²) in [5, 5.41) is 15.2. The molecule has 0 radical (unpaired) electrons. The molecule has 1 heterocycles. The van der Waals surface area contributed by atoms with E-state index in [-0.39, 0.29) is 6.42 Å². The SMILES string of the molecule is C#CCC(O)(Cn1cncn1)C(C)(C)CCOc1ccccc1. The van der Waals surface area contributed by atoms with E-state index in [4.69, 9.17) is 11.2 Å². The fourth-order valence-electron chi connectivity index (χ4n) is 2.43. The summed E-state index contributed by atoms with van der Waals surface area (Å²) in [4.78, 5) is 3.91. The van der Waals surface area contributed by atoms with Crippen LogP contribution in [0.1, 0.15) is 26.7 Å². The second-order valence-corrected chi connectivity index (χ2v) is 6.30. The summed E-state index contributed by atoms with van der Waals surface area (Å²) >= 11 is 0. The van der Waals surface area contributed by atoms with E-state index in [9.17, 15) is 5.11 Å². The number of hydrogen-bond donors (Lipinski definition) is 1. The Morgan fingerprint density at radius 3 is 2.65 bits per heavy atom. The standard InChI is InChI=1S/C18H23N3O2/c1-4-10-18(22,13-21-15-19-14-20-21)17(2,3)11-12-23-16-8-6-5-7-9-16/h1,5-9,14-15,22H,10-13H2,2-3H3. The van der Waals surface area contributed by atoms with Crippen molar-refractivity contribution in [2.45, 2.75) is 38.8 Å². The van der Waals surface area contributed by atoms with Crippen molar-refractivity contribution in [3.05, 3.63) is 43.0 Å². The highest BCUT2D eigenvalue weighted by molar-refractivity contribution is 5.20. The summed E-state index contributed by atoms with van der Waals surface area (Å²) in [5.41, 5.74) is -1.53. The quantitative estimate of drug-likeness (QED) is 0.761. The number of para-hydroxylation sites is 1. The molecule has 5 heteroatoms. The zero-order valence-electron chi connectivity index (χ0n) is 13.6. The molecule has 0 amide bonds. The van der Waals surface area contributed by atoms with Gasteiger partial charge in [0.1, 0.15) is 24.0 Å². The number of rotatable bonds is 8. The lowest BCUT2D eigenvalue weighted by molar-refractivity contribution is -0.0861. The topological polar surface area (TPSA) is 60.2 Å². The highest BCUT2D eigenvalue weighted by Crippen LogP contribution is 2.38. The third-order valence-corrected chi connectivity index (χ3v) is 4.28. The largest absolute Gasteiger partial charge is 0.494 e. The summed E-state index contributed by atoms with van der Waals surface area (Å²) in [6.07, 6.45) is 9.40. The minimum Gasteiger partial charge on any atom is -0.494 e. The molecule has 0 fully saturated rings. The maximum atomic E-state index is 11.1. The molecular formula is C18H23N3O2. The lowest BCUT2D eigenvalue weighted by atomic mass is 9.71. The average molecular weight is 313 g/mol. The lowest BCUT2D eigenvalue weighted by Gasteiger charge is -2.41. The minimum atomic E-state index is -1.09. The van der Waals surface area contributed by atoms with Crippen molar-refractivity contribution < 1.29 is 9.84 Å². The van der Waals surface area contributed by atoms with Gasteiger partial charge >= 0.3 is 0 Å². The van der Waals surface area contributed by atoms with E-state index in [2.05, 4.69) is 16.0 Å². The van der Waals surface area contributed by atoms with Gasteiger partial charge in [0, 0.05) is 6.42 Å². The lowest BCUT2D eigenvalue weighted by Crippen LogP contribution is -2.48. The Kier molecular flexibility index (Phi) is 5.41. The maximum absolute atomic E-state index is 11.1. The zero-order valence-corrected chi connectivity index (χ0v) is 13.6. The molecule has 0 saturated heterocycles. The van der Waals surface area contributed by atoms with Crippen molar-refractivity contribution in [2.75, 3.05) is 6.61 Å². The van der Waals surface area contributed by atoms with E-state index in [1.165, 1.54) is 6.33 Å². The highest BCUT2D eigenvalue weighted by atomic mass is 16.5. The van der Waals surface area contributed by atoms with Gasteiger partial charge < -0.3 is 9.84 Å². The van der Waals surface area contributed by atoms with Gasteiger partial charge in [-0.05, 0) is 24.0 Å². The van der Waals surface area contributed by atoms with Crippen LogP contribution in [0, 0.1) is 17.8 Å². The molecular weight excluding hydrogens is 290 g/mol. The summed E-state index contributed by atoms with van der Waals surface area (Å²) in [5.74, 6) is 3.40. The van der Waals surface area contributed by atoms with Gasteiger partial charge in [0.15, 0.2) is 0 Å². The van der Waals surface area contributed by atoms with E-state index >= 15 is 0 Å². The van der Waals surface area contributed by atoms with Crippen LogP contribution >= 0.6 is 0 Å². The Labute approximate surface area is 137 Å². The molecule has 1 aromatic carbocycles.